The Bertz CT molecular complexity index is 808. The van der Waals surface area contributed by atoms with E-state index in [0.717, 1.165) is 39.6 Å². The van der Waals surface area contributed by atoms with E-state index >= 15 is 0 Å². The van der Waals surface area contributed by atoms with E-state index in [1.54, 1.807) is 7.11 Å². The number of nitrogens with zero attached hydrogens (tertiary/aromatic N) is 2. The van der Waals surface area contributed by atoms with Gasteiger partial charge in [0.25, 0.3) is 0 Å². The molecule has 3 nitrogen and oxygen atoms in total. The van der Waals surface area contributed by atoms with Crippen LogP contribution >= 0.6 is 11.6 Å². The summed E-state index contributed by atoms with van der Waals surface area (Å²) in [7, 11) is 1.68. The van der Waals surface area contributed by atoms with Crippen LogP contribution in [0.5, 0.6) is 5.75 Å². The molecule has 2 aromatic heterocycles. The number of halogens is 1. The summed E-state index contributed by atoms with van der Waals surface area (Å²) in [6.45, 7) is 4.09. The van der Waals surface area contributed by atoms with Gasteiger partial charge in [0.1, 0.15) is 11.4 Å². The zero-order valence-corrected chi connectivity index (χ0v) is 13.1. The van der Waals surface area contributed by atoms with Crippen molar-refractivity contribution in [2.24, 2.45) is 0 Å². The van der Waals surface area contributed by atoms with Gasteiger partial charge in [0.15, 0.2) is 0 Å². The maximum absolute atomic E-state index is 6.19. The molecule has 4 heteroatoms. The van der Waals surface area contributed by atoms with E-state index in [-0.39, 0.29) is 0 Å². The van der Waals surface area contributed by atoms with Crippen molar-refractivity contribution in [3.8, 4) is 17.0 Å². The smallest absolute Gasteiger partial charge is 0.137 e. The van der Waals surface area contributed by atoms with Gasteiger partial charge in [0.2, 0.25) is 0 Å². The first-order valence-electron chi connectivity index (χ1n) is 6.83. The first kappa shape index (κ1) is 14.0. The number of hydrogen-bond donors (Lipinski definition) is 0. The van der Waals surface area contributed by atoms with Crippen LogP contribution in [-0.4, -0.2) is 16.5 Å². The lowest BCUT2D eigenvalue weighted by Crippen LogP contribution is -1.95. The van der Waals surface area contributed by atoms with E-state index in [2.05, 4.69) is 23.5 Å². The number of aromatic nitrogens is 2. The summed E-state index contributed by atoms with van der Waals surface area (Å²) in [5.74, 6) is 1.30. The number of pyridine rings is 1. The Morgan fingerprint density at radius 1 is 1.19 bits per heavy atom. The molecular weight excluding hydrogens is 284 g/mol. The molecule has 0 aliphatic carbocycles. The van der Waals surface area contributed by atoms with Crippen molar-refractivity contribution in [2.45, 2.75) is 19.7 Å². The molecule has 0 radical (unpaired) electrons. The van der Waals surface area contributed by atoms with Gasteiger partial charge in [0, 0.05) is 11.3 Å². The fourth-order valence-electron chi connectivity index (χ4n) is 2.71. The fourth-order valence-corrected chi connectivity index (χ4v) is 2.95. The van der Waals surface area contributed by atoms with Crippen molar-refractivity contribution in [1.29, 1.82) is 0 Å². The number of rotatable bonds is 3. The second-order valence-electron chi connectivity index (χ2n) is 5.09. The molecule has 3 rings (SSSR count). The number of fused-ring (bicyclic) bond motifs is 1. The van der Waals surface area contributed by atoms with Gasteiger partial charge >= 0.3 is 0 Å². The van der Waals surface area contributed by atoms with Gasteiger partial charge < -0.3 is 4.74 Å². The van der Waals surface area contributed by atoms with Gasteiger partial charge in [-0.1, -0.05) is 6.07 Å². The fraction of sp³-hybridized carbons (Fsp3) is 0.235. The minimum atomic E-state index is 0.423. The molecule has 0 atom stereocenters. The largest absolute Gasteiger partial charge is 0.496 e. The molecule has 0 N–H and O–H groups in total. The van der Waals surface area contributed by atoms with Crippen LogP contribution in [0.3, 0.4) is 0 Å². The number of imidazole rings is 1. The zero-order chi connectivity index (χ0) is 15.0. The predicted octanol–water partition coefficient (Wildman–Crippen LogP) is 4.37. The molecule has 108 valence electrons. The normalized spacial score (nSPS) is 11.0. The second kappa shape index (κ2) is 5.41. The summed E-state index contributed by atoms with van der Waals surface area (Å²) < 4.78 is 7.43. The molecule has 0 aliphatic rings. The number of aryl methyl sites for hydroxylation is 2. The first-order chi connectivity index (χ1) is 10.2. The molecule has 0 aliphatic heterocycles. The second-order valence-corrected chi connectivity index (χ2v) is 5.35. The van der Waals surface area contributed by atoms with E-state index in [9.17, 15) is 0 Å². The first-order valence-corrected chi connectivity index (χ1v) is 7.37. The van der Waals surface area contributed by atoms with E-state index in [4.69, 9.17) is 21.3 Å². The average molecular weight is 301 g/mol. The Morgan fingerprint density at radius 3 is 2.67 bits per heavy atom. The Kier molecular flexibility index (Phi) is 3.60. The quantitative estimate of drug-likeness (QED) is 0.672. The Morgan fingerprint density at radius 2 is 2.00 bits per heavy atom. The molecule has 0 saturated carbocycles. The van der Waals surface area contributed by atoms with Gasteiger partial charge in [-0.25, -0.2) is 4.98 Å². The molecule has 0 unspecified atom stereocenters. The molecule has 3 aromatic rings. The minimum absolute atomic E-state index is 0.423. The van der Waals surface area contributed by atoms with Gasteiger partial charge in [-0.3, -0.25) is 4.40 Å². The Labute approximate surface area is 129 Å². The zero-order valence-electron chi connectivity index (χ0n) is 12.4. The van der Waals surface area contributed by atoms with E-state index in [0.29, 0.717) is 5.88 Å². The predicted molar refractivity (Wildman–Crippen MR) is 86.2 cm³/mol. The van der Waals surface area contributed by atoms with Crippen LogP contribution in [0.25, 0.3) is 16.9 Å². The molecule has 0 saturated heterocycles. The number of methoxy groups -OCH3 is 1. The maximum atomic E-state index is 6.19. The van der Waals surface area contributed by atoms with Crippen molar-refractivity contribution in [1.82, 2.24) is 9.38 Å². The summed E-state index contributed by atoms with van der Waals surface area (Å²) in [5, 5.41) is 0. The van der Waals surface area contributed by atoms with E-state index in [1.807, 2.05) is 31.2 Å². The highest BCUT2D eigenvalue weighted by Crippen LogP contribution is 2.30. The van der Waals surface area contributed by atoms with Crippen molar-refractivity contribution in [2.75, 3.05) is 7.11 Å². The lowest BCUT2D eigenvalue weighted by atomic mass is 10.1. The molecule has 21 heavy (non-hydrogen) atoms. The van der Waals surface area contributed by atoms with Crippen LogP contribution in [0.2, 0.25) is 0 Å². The number of benzene rings is 1. The van der Waals surface area contributed by atoms with Gasteiger partial charge in [-0.15, -0.1) is 11.6 Å². The van der Waals surface area contributed by atoms with Crippen LogP contribution in [0.4, 0.5) is 0 Å². The Hall–Kier alpha value is -2.00. The summed E-state index contributed by atoms with van der Waals surface area (Å²) in [6, 6.07) is 12.2. The standard InChI is InChI=1S/C17H17ClN2O/c1-11-9-13(7-8-15(11)21-3)17-14(10-18)20-12(2)5-4-6-16(20)19-17/h4-9H,10H2,1-3H3. The SMILES string of the molecule is COc1ccc(-c2nc3cccc(C)n3c2CCl)cc1C. The molecule has 2 heterocycles. The third-order valence-electron chi connectivity index (χ3n) is 3.73. The number of hydrogen-bond acceptors (Lipinski definition) is 2. The lowest BCUT2D eigenvalue weighted by molar-refractivity contribution is 0.412. The summed E-state index contributed by atoms with van der Waals surface area (Å²) >= 11 is 6.19. The summed E-state index contributed by atoms with van der Waals surface area (Å²) in [4.78, 5) is 4.75. The lowest BCUT2D eigenvalue weighted by Gasteiger charge is -2.07. The molecule has 0 fully saturated rings. The van der Waals surface area contributed by atoms with Crippen molar-refractivity contribution < 1.29 is 4.74 Å². The van der Waals surface area contributed by atoms with Gasteiger partial charge in [0.05, 0.1) is 24.4 Å². The summed E-state index contributed by atoms with van der Waals surface area (Å²) in [5.41, 5.74) is 6.16. The summed E-state index contributed by atoms with van der Waals surface area (Å²) in [6.07, 6.45) is 0. The van der Waals surface area contributed by atoms with Crippen LogP contribution in [0, 0.1) is 13.8 Å². The van der Waals surface area contributed by atoms with Crippen LogP contribution in [0.15, 0.2) is 36.4 Å². The van der Waals surface area contributed by atoms with Crippen LogP contribution in [0.1, 0.15) is 17.0 Å². The molecule has 0 amide bonds. The highest BCUT2D eigenvalue weighted by atomic mass is 35.5. The van der Waals surface area contributed by atoms with Crippen molar-refractivity contribution in [3.05, 3.63) is 53.3 Å². The third kappa shape index (κ3) is 2.28. The number of alkyl halides is 1. The third-order valence-corrected chi connectivity index (χ3v) is 3.98. The van der Waals surface area contributed by atoms with E-state index in [1.165, 1.54) is 0 Å². The topological polar surface area (TPSA) is 26.5 Å². The van der Waals surface area contributed by atoms with Crippen LogP contribution < -0.4 is 4.74 Å². The molecular formula is C17H17ClN2O. The Balaban J connectivity index is 2.25. The van der Waals surface area contributed by atoms with Gasteiger partial charge in [-0.05, 0) is 49.7 Å². The van der Waals surface area contributed by atoms with Gasteiger partial charge in [-0.2, -0.15) is 0 Å². The van der Waals surface area contributed by atoms with Crippen molar-refractivity contribution >= 4 is 17.2 Å². The average Bonchev–Trinajstić information content (AvgIpc) is 2.87. The van der Waals surface area contributed by atoms with Crippen molar-refractivity contribution in [3.63, 3.8) is 0 Å². The molecule has 1 aromatic carbocycles. The minimum Gasteiger partial charge on any atom is -0.496 e. The highest BCUT2D eigenvalue weighted by Gasteiger charge is 2.15. The maximum Gasteiger partial charge on any atom is 0.137 e. The van der Waals surface area contributed by atoms with E-state index < -0.39 is 0 Å². The van der Waals surface area contributed by atoms with Crippen LogP contribution in [-0.2, 0) is 5.88 Å². The highest BCUT2D eigenvalue weighted by molar-refractivity contribution is 6.17. The number of ether oxygens (including phenoxy) is 1. The molecule has 0 bridgehead atoms. The monoisotopic (exact) mass is 300 g/mol. The molecule has 0 spiro atoms.